The zero-order chi connectivity index (χ0) is 12.5. The Bertz CT molecular complexity index is 386. The Morgan fingerprint density at radius 1 is 1.18 bits per heavy atom. The Morgan fingerprint density at radius 2 is 1.82 bits per heavy atom. The van der Waals surface area contributed by atoms with E-state index in [0.717, 1.165) is 0 Å². The molecular weight excluding hydrogens is 208 g/mol. The first kappa shape index (κ1) is 12.3. The van der Waals surface area contributed by atoms with Crippen molar-refractivity contribution >= 4 is 11.4 Å². The van der Waals surface area contributed by atoms with Gasteiger partial charge >= 0.3 is 0 Å². The summed E-state index contributed by atoms with van der Waals surface area (Å²) in [6.07, 6.45) is 2.56. The zero-order valence-electron chi connectivity index (χ0n) is 11.5. The van der Waals surface area contributed by atoms with Crippen molar-refractivity contribution in [1.29, 1.82) is 0 Å². The highest BCUT2D eigenvalue weighted by Crippen LogP contribution is 2.36. The first-order chi connectivity index (χ1) is 8.03. The number of anilines is 2. The molecule has 1 aromatic carbocycles. The SMILES string of the molecule is CNc1cccc(C)c1N1CCC(C)(C)CC1. The third kappa shape index (κ3) is 2.56. The highest BCUT2D eigenvalue weighted by Gasteiger charge is 2.26. The van der Waals surface area contributed by atoms with Gasteiger partial charge in [0.05, 0.1) is 11.4 Å². The third-order valence-electron chi connectivity index (χ3n) is 3.94. The molecule has 17 heavy (non-hydrogen) atoms. The van der Waals surface area contributed by atoms with E-state index in [9.17, 15) is 0 Å². The molecule has 0 unspecified atom stereocenters. The summed E-state index contributed by atoms with van der Waals surface area (Å²) in [6, 6.07) is 6.50. The third-order valence-corrected chi connectivity index (χ3v) is 3.94. The average Bonchev–Trinajstić information content (AvgIpc) is 2.29. The van der Waals surface area contributed by atoms with Crippen LogP contribution >= 0.6 is 0 Å². The van der Waals surface area contributed by atoms with Crippen LogP contribution in [0.1, 0.15) is 32.3 Å². The second-order valence-corrected chi connectivity index (χ2v) is 5.87. The van der Waals surface area contributed by atoms with Crippen molar-refractivity contribution < 1.29 is 0 Å². The maximum Gasteiger partial charge on any atom is 0.0631 e. The number of hydrogen-bond acceptors (Lipinski definition) is 2. The Kier molecular flexibility index (Phi) is 3.32. The molecule has 1 N–H and O–H groups in total. The fourth-order valence-electron chi connectivity index (χ4n) is 2.62. The molecule has 2 nitrogen and oxygen atoms in total. The number of hydrogen-bond donors (Lipinski definition) is 1. The molecule has 1 aliphatic heterocycles. The number of benzene rings is 1. The Morgan fingerprint density at radius 3 is 2.41 bits per heavy atom. The van der Waals surface area contributed by atoms with Crippen molar-refractivity contribution in [2.45, 2.75) is 33.6 Å². The molecule has 1 aliphatic rings. The van der Waals surface area contributed by atoms with Crippen molar-refractivity contribution in [2.75, 3.05) is 30.4 Å². The number of piperidine rings is 1. The molecule has 0 radical (unpaired) electrons. The lowest BCUT2D eigenvalue weighted by atomic mass is 9.82. The van der Waals surface area contributed by atoms with E-state index >= 15 is 0 Å². The Labute approximate surface area is 105 Å². The molecule has 1 aromatic rings. The Hall–Kier alpha value is -1.18. The van der Waals surface area contributed by atoms with Crippen LogP contribution in [0.4, 0.5) is 11.4 Å². The molecule has 1 saturated heterocycles. The number of para-hydroxylation sites is 1. The van der Waals surface area contributed by atoms with E-state index in [0.29, 0.717) is 5.41 Å². The van der Waals surface area contributed by atoms with Crippen molar-refractivity contribution in [1.82, 2.24) is 0 Å². The molecule has 0 atom stereocenters. The van der Waals surface area contributed by atoms with E-state index in [1.54, 1.807) is 0 Å². The average molecular weight is 232 g/mol. The molecular formula is C15H24N2. The lowest BCUT2D eigenvalue weighted by Crippen LogP contribution is -2.38. The number of aryl methyl sites for hydroxylation is 1. The normalized spacial score (nSPS) is 19.2. The van der Waals surface area contributed by atoms with E-state index in [4.69, 9.17) is 0 Å². The summed E-state index contributed by atoms with van der Waals surface area (Å²) in [6.45, 7) is 9.30. The molecule has 0 aliphatic carbocycles. The van der Waals surface area contributed by atoms with Gasteiger partial charge in [0.15, 0.2) is 0 Å². The number of nitrogens with one attached hydrogen (secondary N) is 1. The second kappa shape index (κ2) is 4.59. The predicted octanol–water partition coefficient (Wildman–Crippen LogP) is 3.66. The molecule has 0 spiro atoms. The van der Waals surface area contributed by atoms with Gasteiger partial charge in [-0.25, -0.2) is 0 Å². The fourth-order valence-corrected chi connectivity index (χ4v) is 2.62. The van der Waals surface area contributed by atoms with Crippen LogP contribution in [-0.4, -0.2) is 20.1 Å². The molecule has 0 amide bonds. The van der Waals surface area contributed by atoms with E-state index in [1.165, 1.54) is 42.9 Å². The van der Waals surface area contributed by atoms with Gasteiger partial charge < -0.3 is 10.2 Å². The van der Waals surface area contributed by atoms with Gasteiger partial charge in [0.2, 0.25) is 0 Å². The molecule has 0 saturated carbocycles. The molecule has 2 heteroatoms. The maximum absolute atomic E-state index is 3.31. The predicted molar refractivity (Wildman–Crippen MR) is 76.0 cm³/mol. The van der Waals surface area contributed by atoms with Crippen LogP contribution < -0.4 is 10.2 Å². The van der Waals surface area contributed by atoms with Gasteiger partial charge in [-0.3, -0.25) is 0 Å². The van der Waals surface area contributed by atoms with Crippen LogP contribution in [-0.2, 0) is 0 Å². The standard InChI is InChI=1S/C15H24N2/c1-12-6-5-7-13(16-4)14(12)17-10-8-15(2,3)9-11-17/h5-7,16H,8-11H2,1-4H3. The summed E-state index contributed by atoms with van der Waals surface area (Å²) < 4.78 is 0. The van der Waals surface area contributed by atoms with Crippen molar-refractivity contribution in [3.05, 3.63) is 23.8 Å². The van der Waals surface area contributed by atoms with Crippen molar-refractivity contribution in [3.63, 3.8) is 0 Å². The summed E-state index contributed by atoms with van der Waals surface area (Å²) in [7, 11) is 2.01. The van der Waals surface area contributed by atoms with E-state index in [-0.39, 0.29) is 0 Å². The van der Waals surface area contributed by atoms with Gasteiger partial charge in [0.25, 0.3) is 0 Å². The van der Waals surface area contributed by atoms with E-state index in [1.807, 2.05) is 7.05 Å². The molecule has 1 heterocycles. The van der Waals surface area contributed by atoms with Gasteiger partial charge in [-0.05, 0) is 36.8 Å². The smallest absolute Gasteiger partial charge is 0.0631 e. The lowest BCUT2D eigenvalue weighted by Gasteiger charge is -2.39. The fraction of sp³-hybridized carbons (Fsp3) is 0.600. The van der Waals surface area contributed by atoms with Crippen LogP contribution in [0, 0.1) is 12.3 Å². The van der Waals surface area contributed by atoms with Crippen molar-refractivity contribution in [3.8, 4) is 0 Å². The number of nitrogens with zero attached hydrogens (tertiary/aromatic N) is 1. The minimum Gasteiger partial charge on any atom is -0.386 e. The first-order valence-corrected chi connectivity index (χ1v) is 6.56. The minimum atomic E-state index is 0.513. The van der Waals surface area contributed by atoms with Crippen molar-refractivity contribution in [2.24, 2.45) is 5.41 Å². The highest BCUT2D eigenvalue weighted by molar-refractivity contribution is 5.73. The Balaban J connectivity index is 2.23. The second-order valence-electron chi connectivity index (χ2n) is 5.87. The molecule has 0 bridgehead atoms. The van der Waals surface area contributed by atoms with Crippen LogP contribution in [0.25, 0.3) is 0 Å². The summed E-state index contributed by atoms with van der Waals surface area (Å²) in [5.74, 6) is 0. The quantitative estimate of drug-likeness (QED) is 0.837. The summed E-state index contributed by atoms with van der Waals surface area (Å²) >= 11 is 0. The number of rotatable bonds is 2. The molecule has 94 valence electrons. The van der Waals surface area contributed by atoms with Crippen LogP contribution in [0.3, 0.4) is 0 Å². The van der Waals surface area contributed by atoms with Gasteiger partial charge in [-0.1, -0.05) is 26.0 Å². The van der Waals surface area contributed by atoms with Gasteiger partial charge in [-0.15, -0.1) is 0 Å². The molecule has 2 rings (SSSR count). The van der Waals surface area contributed by atoms with Crippen LogP contribution in [0.2, 0.25) is 0 Å². The summed E-state index contributed by atoms with van der Waals surface area (Å²) in [5.41, 5.74) is 4.53. The van der Waals surface area contributed by atoms with Crippen LogP contribution in [0.15, 0.2) is 18.2 Å². The van der Waals surface area contributed by atoms with Gasteiger partial charge in [0.1, 0.15) is 0 Å². The first-order valence-electron chi connectivity index (χ1n) is 6.56. The molecule has 1 fully saturated rings. The monoisotopic (exact) mass is 232 g/mol. The van der Waals surface area contributed by atoms with E-state index in [2.05, 4.69) is 49.2 Å². The topological polar surface area (TPSA) is 15.3 Å². The zero-order valence-corrected chi connectivity index (χ0v) is 11.5. The van der Waals surface area contributed by atoms with E-state index < -0.39 is 0 Å². The summed E-state index contributed by atoms with van der Waals surface area (Å²) in [5, 5.41) is 3.31. The highest BCUT2D eigenvalue weighted by atomic mass is 15.2. The lowest BCUT2D eigenvalue weighted by molar-refractivity contribution is 0.280. The van der Waals surface area contributed by atoms with Gasteiger partial charge in [-0.2, -0.15) is 0 Å². The largest absolute Gasteiger partial charge is 0.386 e. The van der Waals surface area contributed by atoms with Gasteiger partial charge in [0, 0.05) is 20.1 Å². The summed E-state index contributed by atoms with van der Waals surface area (Å²) in [4.78, 5) is 2.53. The molecule has 0 aromatic heterocycles. The van der Waals surface area contributed by atoms with Crippen LogP contribution in [0.5, 0.6) is 0 Å². The maximum atomic E-state index is 3.31. The minimum absolute atomic E-state index is 0.513.